The fourth-order valence-electron chi connectivity index (χ4n) is 1.94. The summed E-state index contributed by atoms with van der Waals surface area (Å²) in [6, 6.07) is 5.29. The summed E-state index contributed by atoms with van der Waals surface area (Å²) in [5.41, 5.74) is 2.13. The number of aromatic nitrogens is 1. The van der Waals surface area contributed by atoms with Crippen LogP contribution in [0.5, 0.6) is 0 Å². The highest BCUT2D eigenvalue weighted by molar-refractivity contribution is 9.10. The molecule has 0 saturated carbocycles. The summed E-state index contributed by atoms with van der Waals surface area (Å²) in [5, 5.41) is 11.8. The van der Waals surface area contributed by atoms with Gasteiger partial charge in [-0.05, 0) is 31.5 Å². The van der Waals surface area contributed by atoms with Crippen LogP contribution in [0.15, 0.2) is 28.9 Å². The summed E-state index contributed by atoms with van der Waals surface area (Å²) in [5.74, 6) is -1.42. The number of hydrogen-bond donors (Lipinski definition) is 3. The van der Waals surface area contributed by atoms with Gasteiger partial charge in [0.15, 0.2) is 0 Å². The molecule has 20 heavy (non-hydrogen) atoms. The first-order chi connectivity index (χ1) is 9.41. The average Bonchev–Trinajstić information content (AvgIpc) is 2.73. The van der Waals surface area contributed by atoms with E-state index in [1.807, 2.05) is 13.0 Å². The third-order valence-corrected chi connectivity index (χ3v) is 3.91. The fourth-order valence-corrected chi connectivity index (χ4v) is 2.31. The van der Waals surface area contributed by atoms with Crippen LogP contribution in [0.1, 0.15) is 32.0 Å². The Balaban J connectivity index is 2.33. The second-order valence-corrected chi connectivity index (χ2v) is 5.23. The number of carbonyl (C=O) groups is 2. The highest BCUT2D eigenvalue weighted by atomic mass is 79.9. The van der Waals surface area contributed by atoms with Crippen LogP contribution in [0, 0.1) is 13.8 Å². The zero-order valence-corrected chi connectivity index (χ0v) is 12.5. The van der Waals surface area contributed by atoms with Gasteiger partial charge in [-0.2, -0.15) is 0 Å². The summed E-state index contributed by atoms with van der Waals surface area (Å²) in [7, 11) is 0. The van der Waals surface area contributed by atoms with Crippen molar-refractivity contribution in [2.75, 3.05) is 5.32 Å². The SMILES string of the molecule is Cc1[nH]cc(NC(=O)c2cccc(Br)c2C)c1C(=O)O. The number of halogens is 1. The van der Waals surface area contributed by atoms with Crippen molar-refractivity contribution in [3.63, 3.8) is 0 Å². The molecule has 2 aromatic rings. The highest BCUT2D eigenvalue weighted by Gasteiger charge is 2.18. The standard InChI is InChI=1S/C14H13BrN2O3/c1-7-9(4-3-5-10(7)15)13(18)17-11-6-16-8(2)12(11)14(19)20/h3-6,16H,1-2H3,(H,17,18)(H,19,20). The van der Waals surface area contributed by atoms with Crippen molar-refractivity contribution in [1.82, 2.24) is 4.98 Å². The maximum atomic E-state index is 12.2. The molecule has 0 unspecified atom stereocenters. The lowest BCUT2D eigenvalue weighted by Crippen LogP contribution is -2.15. The van der Waals surface area contributed by atoms with Crippen LogP contribution in [0.25, 0.3) is 0 Å². The minimum absolute atomic E-state index is 0.0750. The number of aryl methyl sites for hydroxylation is 1. The molecule has 0 aliphatic carbocycles. The van der Waals surface area contributed by atoms with Gasteiger partial charge in [0.2, 0.25) is 0 Å². The number of aromatic amines is 1. The Morgan fingerprint density at radius 3 is 2.65 bits per heavy atom. The van der Waals surface area contributed by atoms with E-state index in [1.165, 1.54) is 6.20 Å². The molecule has 2 rings (SSSR count). The van der Waals surface area contributed by atoms with Crippen LogP contribution in [0.2, 0.25) is 0 Å². The first kappa shape index (κ1) is 14.3. The van der Waals surface area contributed by atoms with Gasteiger partial charge in [-0.1, -0.05) is 22.0 Å². The molecule has 0 bridgehead atoms. The number of amides is 1. The van der Waals surface area contributed by atoms with E-state index in [9.17, 15) is 9.59 Å². The summed E-state index contributed by atoms with van der Waals surface area (Å²) in [4.78, 5) is 26.2. The van der Waals surface area contributed by atoms with E-state index >= 15 is 0 Å². The van der Waals surface area contributed by atoms with Crippen molar-refractivity contribution in [3.05, 3.63) is 51.3 Å². The molecule has 0 fully saturated rings. The molecule has 0 aliphatic rings. The molecule has 5 nitrogen and oxygen atoms in total. The minimum atomic E-state index is -1.08. The molecule has 0 atom stereocenters. The molecule has 1 heterocycles. The minimum Gasteiger partial charge on any atom is -0.478 e. The summed E-state index contributed by atoms with van der Waals surface area (Å²) in [6.45, 7) is 3.46. The Hall–Kier alpha value is -2.08. The zero-order chi connectivity index (χ0) is 14.9. The van der Waals surface area contributed by atoms with E-state index in [2.05, 4.69) is 26.2 Å². The van der Waals surface area contributed by atoms with Crippen molar-refractivity contribution in [1.29, 1.82) is 0 Å². The number of aromatic carboxylic acids is 1. The highest BCUT2D eigenvalue weighted by Crippen LogP contribution is 2.23. The zero-order valence-electron chi connectivity index (χ0n) is 11.0. The first-order valence-corrected chi connectivity index (χ1v) is 6.69. The number of hydrogen-bond acceptors (Lipinski definition) is 2. The van der Waals surface area contributed by atoms with Gasteiger partial charge in [0.1, 0.15) is 5.56 Å². The Morgan fingerprint density at radius 2 is 2.00 bits per heavy atom. The lowest BCUT2D eigenvalue weighted by Gasteiger charge is -2.08. The lowest BCUT2D eigenvalue weighted by atomic mass is 10.1. The molecule has 104 valence electrons. The molecule has 1 amide bonds. The van der Waals surface area contributed by atoms with Gasteiger partial charge in [-0.15, -0.1) is 0 Å². The Kier molecular flexibility index (Phi) is 3.94. The molecule has 0 radical (unpaired) electrons. The quantitative estimate of drug-likeness (QED) is 0.803. The Bertz CT molecular complexity index is 692. The molecule has 0 saturated heterocycles. The summed E-state index contributed by atoms with van der Waals surface area (Å²) >= 11 is 3.36. The molecular weight excluding hydrogens is 324 g/mol. The van der Waals surface area contributed by atoms with Gasteiger partial charge >= 0.3 is 5.97 Å². The van der Waals surface area contributed by atoms with Crippen molar-refractivity contribution < 1.29 is 14.7 Å². The molecule has 1 aromatic carbocycles. The maximum Gasteiger partial charge on any atom is 0.339 e. The predicted molar refractivity (Wildman–Crippen MR) is 79.3 cm³/mol. The Morgan fingerprint density at radius 1 is 1.30 bits per heavy atom. The largest absolute Gasteiger partial charge is 0.478 e. The monoisotopic (exact) mass is 336 g/mol. The number of carboxylic acids is 1. The van der Waals surface area contributed by atoms with Gasteiger partial charge in [0.05, 0.1) is 5.69 Å². The second-order valence-electron chi connectivity index (χ2n) is 4.37. The maximum absolute atomic E-state index is 12.2. The van der Waals surface area contributed by atoms with Crippen molar-refractivity contribution >= 4 is 33.5 Å². The molecule has 1 aromatic heterocycles. The van der Waals surface area contributed by atoms with Crippen LogP contribution < -0.4 is 5.32 Å². The van der Waals surface area contributed by atoms with E-state index in [4.69, 9.17) is 5.11 Å². The van der Waals surface area contributed by atoms with Crippen molar-refractivity contribution in [3.8, 4) is 0 Å². The smallest absolute Gasteiger partial charge is 0.339 e. The number of H-pyrrole nitrogens is 1. The normalized spacial score (nSPS) is 10.3. The summed E-state index contributed by atoms with van der Waals surface area (Å²) < 4.78 is 0.828. The van der Waals surface area contributed by atoms with Crippen molar-refractivity contribution in [2.24, 2.45) is 0 Å². The third kappa shape index (κ3) is 2.60. The number of nitrogens with one attached hydrogen (secondary N) is 2. The molecular formula is C14H13BrN2O3. The fraction of sp³-hybridized carbons (Fsp3) is 0.143. The number of carboxylic acid groups (broad SMARTS) is 1. The van der Waals surface area contributed by atoms with Gasteiger partial charge in [0, 0.05) is 21.9 Å². The van der Waals surface area contributed by atoms with E-state index in [0.717, 1.165) is 10.0 Å². The van der Waals surface area contributed by atoms with Gasteiger partial charge in [-0.25, -0.2) is 4.79 Å². The van der Waals surface area contributed by atoms with Gasteiger partial charge in [0.25, 0.3) is 5.91 Å². The number of anilines is 1. The van der Waals surface area contributed by atoms with E-state index in [-0.39, 0.29) is 17.2 Å². The lowest BCUT2D eigenvalue weighted by molar-refractivity contribution is 0.0697. The Labute approximate surface area is 124 Å². The van der Waals surface area contributed by atoms with E-state index < -0.39 is 5.97 Å². The van der Waals surface area contributed by atoms with Crippen LogP contribution >= 0.6 is 15.9 Å². The first-order valence-electron chi connectivity index (χ1n) is 5.89. The predicted octanol–water partition coefficient (Wildman–Crippen LogP) is 3.34. The molecule has 0 aliphatic heterocycles. The molecule has 3 N–H and O–H groups in total. The van der Waals surface area contributed by atoms with Crippen LogP contribution in [0.4, 0.5) is 5.69 Å². The van der Waals surface area contributed by atoms with E-state index in [1.54, 1.807) is 19.1 Å². The summed E-state index contributed by atoms with van der Waals surface area (Å²) in [6.07, 6.45) is 1.48. The van der Waals surface area contributed by atoms with Gasteiger partial charge < -0.3 is 15.4 Å². The van der Waals surface area contributed by atoms with Crippen LogP contribution in [-0.4, -0.2) is 22.0 Å². The topological polar surface area (TPSA) is 82.2 Å². The number of rotatable bonds is 3. The third-order valence-electron chi connectivity index (χ3n) is 3.05. The van der Waals surface area contributed by atoms with Crippen LogP contribution in [0.3, 0.4) is 0 Å². The van der Waals surface area contributed by atoms with Gasteiger partial charge in [-0.3, -0.25) is 4.79 Å². The number of carbonyl (C=O) groups excluding carboxylic acids is 1. The average molecular weight is 337 g/mol. The van der Waals surface area contributed by atoms with Crippen LogP contribution in [-0.2, 0) is 0 Å². The van der Waals surface area contributed by atoms with Crippen molar-refractivity contribution in [2.45, 2.75) is 13.8 Å². The second kappa shape index (κ2) is 5.50. The molecule has 6 heteroatoms. The molecule has 0 spiro atoms. The van der Waals surface area contributed by atoms with E-state index in [0.29, 0.717) is 11.3 Å². The number of benzene rings is 1.